The SMILES string of the molecule is C[C@@H]1CN[C@@H](C)CN1C(N)=O. The summed E-state index contributed by atoms with van der Waals surface area (Å²) in [6, 6.07) is 0.272. The van der Waals surface area contributed by atoms with Crippen LogP contribution in [0.5, 0.6) is 0 Å². The van der Waals surface area contributed by atoms with E-state index in [2.05, 4.69) is 5.32 Å². The lowest BCUT2D eigenvalue weighted by Gasteiger charge is -2.36. The Bertz CT molecular complexity index is 160. The summed E-state index contributed by atoms with van der Waals surface area (Å²) in [5.74, 6) is 0. The summed E-state index contributed by atoms with van der Waals surface area (Å²) in [7, 11) is 0. The van der Waals surface area contributed by atoms with E-state index in [0.29, 0.717) is 6.04 Å². The maximum Gasteiger partial charge on any atom is 0.315 e. The van der Waals surface area contributed by atoms with Gasteiger partial charge in [-0.15, -0.1) is 0 Å². The topological polar surface area (TPSA) is 58.4 Å². The number of nitrogens with zero attached hydrogens (tertiary/aromatic N) is 1. The number of carbonyl (C=O) groups is 1. The van der Waals surface area contributed by atoms with Gasteiger partial charge in [-0.1, -0.05) is 0 Å². The predicted octanol–water partition coefficient (Wildman–Crippen LogP) is -0.253. The van der Waals surface area contributed by atoms with Gasteiger partial charge in [-0.05, 0) is 13.8 Å². The van der Waals surface area contributed by atoms with Crippen molar-refractivity contribution in [1.82, 2.24) is 10.2 Å². The van der Waals surface area contributed by atoms with Gasteiger partial charge in [0.05, 0.1) is 0 Å². The zero-order valence-corrected chi connectivity index (χ0v) is 7.00. The molecule has 1 fully saturated rings. The summed E-state index contributed by atoms with van der Waals surface area (Å²) in [6.07, 6.45) is 0. The Morgan fingerprint density at radius 1 is 1.64 bits per heavy atom. The van der Waals surface area contributed by atoms with Gasteiger partial charge >= 0.3 is 6.03 Å². The number of rotatable bonds is 0. The Balaban J connectivity index is 2.54. The second kappa shape index (κ2) is 3.09. The quantitative estimate of drug-likeness (QED) is 0.509. The van der Waals surface area contributed by atoms with Crippen LogP contribution in [0.2, 0.25) is 0 Å². The molecule has 1 aliphatic rings. The fourth-order valence-electron chi connectivity index (χ4n) is 1.33. The number of nitrogens with two attached hydrogens (primary N) is 1. The standard InChI is InChI=1S/C7H15N3O/c1-5-4-10(7(8)11)6(2)3-9-5/h5-6,9H,3-4H2,1-2H3,(H2,8,11)/t5-,6+/m0/s1. The van der Waals surface area contributed by atoms with E-state index in [1.54, 1.807) is 4.90 Å². The zero-order valence-electron chi connectivity index (χ0n) is 7.00. The van der Waals surface area contributed by atoms with Crippen molar-refractivity contribution in [3.63, 3.8) is 0 Å². The highest BCUT2D eigenvalue weighted by Gasteiger charge is 2.24. The third kappa shape index (κ3) is 1.83. The first kappa shape index (κ1) is 8.33. The van der Waals surface area contributed by atoms with Gasteiger partial charge in [0.1, 0.15) is 0 Å². The maximum absolute atomic E-state index is 10.8. The predicted molar refractivity (Wildman–Crippen MR) is 43.2 cm³/mol. The second-order valence-electron chi connectivity index (χ2n) is 3.15. The van der Waals surface area contributed by atoms with Crippen LogP contribution in [0.15, 0.2) is 0 Å². The lowest BCUT2D eigenvalue weighted by atomic mass is 10.1. The van der Waals surface area contributed by atoms with Crippen LogP contribution in [0.3, 0.4) is 0 Å². The van der Waals surface area contributed by atoms with E-state index in [1.807, 2.05) is 13.8 Å². The van der Waals surface area contributed by atoms with Crippen LogP contribution in [-0.2, 0) is 0 Å². The molecule has 0 aromatic carbocycles. The fraction of sp³-hybridized carbons (Fsp3) is 0.857. The van der Waals surface area contributed by atoms with Gasteiger partial charge in [-0.25, -0.2) is 4.79 Å². The van der Waals surface area contributed by atoms with Crippen molar-refractivity contribution >= 4 is 6.03 Å². The molecule has 2 atom stereocenters. The molecule has 2 amide bonds. The first-order valence-electron chi connectivity index (χ1n) is 3.90. The van der Waals surface area contributed by atoms with Gasteiger partial charge in [-0.3, -0.25) is 0 Å². The molecule has 0 aromatic heterocycles. The molecule has 1 rings (SSSR count). The number of nitrogens with one attached hydrogen (secondary N) is 1. The van der Waals surface area contributed by atoms with E-state index in [9.17, 15) is 4.79 Å². The highest BCUT2D eigenvalue weighted by atomic mass is 16.2. The summed E-state index contributed by atoms with van der Waals surface area (Å²) in [4.78, 5) is 12.5. The largest absolute Gasteiger partial charge is 0.351 e. The molecule has 64 valence electrons. The van der Waals surface area contributed by atoms with Crippen molar-refractivity contribution in [2.45, 2.75) is 25.9 Å². The van der Waals surface area contributed by atoms with Crippen molar-refractivity contribution in [3.05, 3.63) is 0 Å². The average Bonchev–Trinajstić information content (AvgIpc) is 1.94. The van der Waals surface area contributed by atoms with Crippen molar-refractivity contribution in [2.24, 2.45) is 5.73 Å². The van der Waals surface area contributed by atoms with Crippen LogP contribution in [0.1, 0.15) is 13.8 Å². The summed E-state index contributed by atoms with van der Waals surface area (Å²) in [5, 5.41) is 3.27. The van der Waals surface area contributed by atoms with Crippen LogP contribution in [0, 0.1) is 0 Å². The molecule has 1 saturated heterocycles. The molecule has 0 unspecified atom stereocenters. The molecule has 0 bridgehead atoms. The van der Waals surface area contributed by atoms with Crippen LogP contribution in [0.4, 0.5) is 4.79 Å². The number of amides is 2. The van der Waals surface area contributed by atoms with Crippen molar-refractivity contribution in [3.8, 4) is 0 Å². The number of piperazine rings is 1. The zero-order chi connectivity index (χ0) is 8.43. The first-order valence-corrected chi connectivity index (χ1v) is 3.90. The Kier molecular flexibility index (Phi) is 2.34. The van der Waals surface area contributed by atoms with Gasteiger partial charge in [0.2, 0.25) is 0 Å². The van der Waals surface area contributed by atoms with E-state index < -0.39 is 0 Å². The second-order valence-corrected chi connectivity index (χ2v) is 3.15. The molecule has 3 N–H and O–H groups in total. The molecule has 0 aromatic rings. The normalized spacial score (nSPS) is 32.0. The lowest BCUT2D eigenvalue weighted by molar-refractivity contribution is 0.158. The van der Waals surface area contributed by atoms with Crippen molar-refractivity contribution in [1.29, 1.82) is 0 Å². The molecular formula is C7H15N3O. The minimum absolute atomic E-state index is 0.226. The Morgan fingerprint density at radius 2 is 2.27 bits per heavy atom. The molecule has 0 spiro atoms. The van der Waals surface area contributed by atoms with Gasteiger partial charge < -0.3 is 16.0 Å². The van der Waals surface area contributed by atoms with Gasteiger partial charge in [0.25, 0.3) is 0 Å². The van der Waals surface area contributed by atoms with E-state index in [4.69, 9.17) is 5.73 Å². The molecule has 0 aliphatic carbocycles. The highest BCUT2D eigenvalue weighted by Crippen LogP contribution is 2.04. The molecule has 4 heteroatoms. The van der Waals surface area contributed by atoms with Crippen LogP contribution >= 0.6 is 0 Å². The molecule has 0 saturated carbocycles. The van der Waals surface area contributed by atoms with Gasteiger partial charge in [0.15, 0.2) is 0 Å². The summed E-state index contributed by atoms with van der Waals surface area (Å²) >= 11 is 0. The molecular weight excluding hydrogens is 142 g/mol. The number of carbonyl (C=O) groups excluding carboxylic acids is 1. The van der Waals surface area contributed by atoms with E-state index in [0.717, 1.165) is 13.1 Å². The van der Waals surface area contributed by atoms with Gasteiger partial charge in [-0.2, -0.15) is 0 Å². The van der Waals surface area contributed by atoms with E-state index >= 15 is 0 Å². The monoisotopic (exact) mass is 157 g/mol. The summed E-state index contributed by atoms with van der Waals surface area (Å²) in [5.41, 5.74) is 5.18. The lowest BCUT2D eigenvalue weighted by Crippen LogP contribution is -2.57. The number of urea groups is 1. The van der Waals surface area contributed by atoms with Crippen LogP contribution in [0.25, 0.3) is 0 Å². The molecule has 4 nitrogen and oxygen atoms in total. The first-order chi connectivity index (χ1) is 5.11. The van der Waals surface area contributed by atoms with Crippen LogP contribution < -0.4 is 11.1 Å². The Hall–Kier alpha value is -0.770. The van der Waals surface area contributed by atoms with E-state index in [-0.39, 0.29) is 12.1 Å². The summed E-state index contributed by atoms with van der Waals surface area (Å²) < 4.78 is 0. The third-order valence-corrected chi connectivity index (χ3v) is 2.05. The van der Waals surface area contributed by atoms with Crippen molar-refractivity contribution < 1.29 is 4.79 Å². The summed E-state index contributed by atoms with van der Waals surface area (Å²) in [6.45, 7) is 5.59. The van der Waals surface area contributed by atoms with E-state index in [1.165, 1.54) is 0 Å². The maximum atomic E-state index is 10.8. The molecule has 1 heterocycles. The number of primary amides is 1. The van der Waals surface area contributed by atoms with Gasteiger partial charge in [0, 0.05) is 25.2 Å². The number of hydrogen-bond donors (Lipinski definition) is 2. The number of hydrogen-bond acceptors (Lipinski definition) is 2. The molecule has 0 radical (unpaired) electrons. The third-order valence-electron chi connectivity index (χ3n) is 2.05. The smallest absolute Gasteiger partial charge is 0.315 e. The van der Waals surface area contributed by atoms with Crippen LogP contribution in [-0.4, -0.2) is 36.1 Å². The minimum atomic E-state index is -0.314. The highest BCUT2D eigenvalue weighted by molar-refractivity contribution is 5.72. The minimum Gasteiger partial charge on any atom is -0.351 e. The Morgan fingerprint density at radius 3 is 2.73 bits per heavy atom. The molecule has 1 aliphatic heterocycles. The fourth-order valence-corrected chi connectivity index (χ4v) is 1.33. The average molecular weight is 157 g/mol. The molecule has 11 heavy (non-hydrogen) atoms. The Labute approximate surface area is 66.7 Å². The van der Waals surface area contributed by atoms with Crippen molar-refractivity contribution in [2.75, 3.05) is 13.1 Å².